The zero-order valence-electron chi connectivity index (χ0n) is 30.9. The van der Waals surface area contributed by atoms with Gasteiger partial charge >= 0.3 is 5.69 Å². The van der Waals surface area contributed by atoms with E-state index in [4.69, 9.17) is 13.7 Å². The summed E-state index contributed by atoms with van der Waals surface area (Å²) in [5, 5.41) is 10.7. The SMILES string of the molecule is CCCCCCCCCCCCCCCC(OC(CC)n1cc(O)n(CCOS(=O)(=O)c2ccc(C)cc2)c1=O)C(C)OCc1ccccc1. The molecule has 1 aromatic heterocycles. The molecular weight excluding hydrogens is 653 g/mol. The number of rotatable bonds is 27. The molecule has 280 valence electrons. The monoisotopic (exact) mass is 714 g/mol. The first-order chi connectivity index (χ1) is 24.2. The Balaban J connectivity index is 1.55. The van der Waals surface area contributed by atoms with Crippen molar-refractivity contribution in [3.05, 3.63) is 82.4 Å². The highest BCUT2D eigenvalue weighted by Crippen LogP contribution is 2.24. The molecule has 3 atom stereocenters. The number of aromatic nitrogens is 2. The molecule has 10 heteroatoms. The molecule has 0 saturated carbocycles. The molecular formula is C40H62N2O7S. The Hall–Kier alpha value is -2.92. The Morgan fingerprint density at radius 3 is 1.96 bits per heavy atom. The maximum Gasteiger partial charge on any atom is 0.333 e. The van der Waals surface area contributed by atoms with Gasteiger partial charge in [-0.3, -0.25) is 13.3 Å². The third-order valence-electron chi connectivity index (χ3n) is 9.31. The largest absolute Gasteiger partial charge is 0.493 e. The van der Waals surface area contributed by atoms with Gasteiger partial charge in [0.25, 0.3) is 10.1 Å². The highest BCUT2D eigenvalue weighted by Gasteiger charge is 2.26. The van der Waals surface area contributed by atoms with E-state index in [-0.39, 0.29) is 36.1 Å². The molecule has 0 spiro atoms. The minimum atomic E-state index is -4.01. The van der Waals surface area contributed by atoms with Crippen LogP contribution < -0.4 is 5.69 Å². The Morgan fingerprint density at radius 2 is 1.38 bits per heavy atom. The maximum absolute atomic E-state index is 13.5. The lowest BCUT2D eigenvalue weighted by molar-refractivity contribution is -0.128. The Bertz CT molecular complexity index is 1500. The fourth-order valence-corrected chi connectivity index (χ4v) is 7.06. The molecule has 0 saturated heterocycles. The fourth-order valence-electron chi connectivity index (χ4n) is 6.16. The zero-order valence-corrected chi connectivity index (χ0v) is 31.7. The molecule has 1 heterocycles. The molecule has 0 aliphatic heterocycles. The molecule has 3 rings (SSSR count). The van der Waals surface area contributed by atoms with Crippen LogP contribution in [0.25, 0.3) is 0 Å². The van der Waals surface area contributed by atoms with E-state index in [0.717, 1.165) is 35.0 Å². The van der Waals surface area contributed by atoms with E-state index in [2.05, 4.69) is 6.92 Å². The van der Waals surface area contributed by atoms with Crippen molar-refractivity contribution < 1.29 is 27.2 Å². The predicted octanol–water partition coefficient (Wildman–Crippen LogP) is 9.45. The summed E-state index contributed by atoms with van der Waals surface area (Å²) in [6.07, 6.45) is 18.1. The number of ether oxygens (including phenoxy) is 2. The molecule has 9 nitrogen and oxygen atoms in total. The molecule has 0 aliphatic rings. The number of benzene rings is 2. The summed E-state index contributed by atoms with van der Waals surface area (Å²) in [6, 6.07) is 16.4. The van der Waals surface area contributed by atoms with Crippen LogP contribution >= 0.6 is 0 Å². The van der Waals surface area contributed by atoms with Crippen LogP contribution in [-0.4, -0.2) is 41.5 Å². The molecule has 0 bridgehead atoms. The van der Waals surface area contributed by atoms with Gasteiger partial charge in [0.1, 0.15) is 6.23 Å². The van der Waals surface area contributed by atoms with E-state index < -0.39 is 22.0 Å². The van der Waals surface area contributed by atoms with E-state index >= 15 is 0 Å². The van der Waals surface area contributed by atoms with Gasteiger partial charge in [-0.15, -0.1) is 0 Å². The molecule has 3 unspecified atom stereocenters. The topological polar surface area (TPSA) is 109 Å². The lowest BCUT2D eigenvalue weighted by Gasteiger charge is -2.29. The third-order valence-corrected chi connectivity index (χ3v) is 10.6. The normalized spacial score (nSPS) is 13.8. The van der Waals surface area contributed by atoms with Gasteiger partial charge in [-0.05, 0) is 44.4 Å². The number of unbranched alkanes of at least 4 members (excludes halogenated alkanes) is 12. The minimum absolute atomic E-state index is 0.0369. The quantitative estimate of drug-likeness (QED) is 0.0619. The number of aryl methyl sites for hydroxylation is 1. The lowest BCUT2D eigenvalue weighted by Crippen LogP contribution is -2.35. The summed E-state index contributed by atoms with van der Waals surface area (Å²) in [4.78, 5) is 13.5. The third kappa shape index (κ3) is 14.4. The maximum atomic E-state index is 13.5. The molecule has 0 radical (unpaired) electrons. The zero-order chi connectivity index (χ0) is 36.2. The van der Waals surface area contributed by atoms with E-state index in [9.17, 15) is 18.3 Å². The lowest BCUT2D eigenvalue weighted by atomic mass is 10.0. The fraction of sp³-hybridized carbons (Fsp3) is 0.625. The van der Waals surface area contributed by atoms with Gasteiger partial charge in [-0.25, -0.2) is 4.79 Å². The van der Waals surface area contributed by atoms with Crippen molar-refractivity contribution in [2.45, 2.75) is 160 Å². The number of hydrogen-bond donors (Lipinski definition) is 1. The summed E-state index contributed by atoms with van der Waals surface area (Å²) in [5.74, 6) is -0.283. The Labute approximate surface area is 301 Å². The number of nitrogens with zero attached hydrogens (tertiary/aromatic N) is 2. The Kier molecular flexibility index (Phi) is 18.9. The van der Waals surface area contributed by atoms with Crippen LogP contribution in [0.3, 0.4) is 0 Å². The highest BCUT2D eigenvalue weighted by molar-refractivity contribution is 7.86. The van der Waals surface area contributed by atoms with Crippen molar-refractivity contribution in [2.24, 2.45) is 0 Å². The molecule has 50 heavy (non-hydrogen) atoms. The van der Waals surface area contributed by atoms with Crippen LogP contribution in [-0.2, 0) is 36.9 Å². The molecule has 1 N–H and O–H groups in total. The van der Waals surface area contributed by atoms with Gasteiger partial charge in [-0.1, -0.05) is 145 Å². The van der Waals surface area contributed by atoms with Gasteiger partial charge in [-0.2, -0.15) is 8.42 Å². The van der Waals surface area contributed by atoms with Crippen molar-refractivity contribution in [1.82, 2.24) is 9.13 Å². The molecule has 0 fully saturated rings. The van der Waals surface area contributed by atoms with Crippen molar-refractivity contribution in [3.8, 4) is 5.88 Å². The minimum Gasteiger partial charge on any atom is -0.493 e. The standard InChI is InChI=1S/C40H62N2O7S/c1-5-7-8-9-10-11-12-13-14-15-16-17-21-24-37(34(4)47-32-35-22-19-18-20-23-35)49-39(6-2)42-31-38(43)41(40(42)44)29-30-48-50(45,46)36-27-25-33(3)26-28-36/h18-20,22-23,25-28,31,34,37,39,43H,5-17,21,24,29-30,32H2,1-4H3. The van der Waals surface area contributed by atoms with Crippen molar-refractivity contribution >= 4 is 10.1 Å². The smallest absolute Gasteiger partial charge is 0.333 e. The van der Waals surface area contributed by atoms with E-state index in [1.165, 1.54) is 93.5 Å². The van der Waals surface area contributed by atoms with Gasteiger partial charge in [0.05, 0.1) is 43.1 Å². The summed E-state index contributed by atoms with van der Waals surface area (Å²) in [7, 11) is -4.01. The first-order valence-corrected chi connectivity index (χ1v) is 20.3. The van der Waals surface area contributed by atoms with Gasteiger partial charge in [0.2, 0.25) is 5.88 Å². The number of aromatic hydroxyl groups is 1. The van der Waals surface area contributed by atoms with Crippen LogP contribution in [0, 0.1) is 6.92 Å². The van der Waals surface area contributed by atoms with Gasteiger partial charge in [0.15, 0.2) is 0 Å². The second-order valence-corrected chi connectivity index (χ2v) is 15.1. The molecule has 2 aromatic carbocycles. The van der Waals surface area contributed by atoms with Crippen LogP contribution in [0.1, 0.15) is 134 Å². The van der Waals surface area contributed by atoms with Crippen LogP contribution in [0.4, 0.5) is 0 Å². The van der Waals surface area contributed by atoms with E-state index in [1.54, 1.807) is 12.1 Å². The summed E-state index contributed by atoms with van der Waals surface area (Å²) < 4.78 is 45.8. The number of hydrogen-bond acceptors (Lipinski definition) is 7. The molecule has 3 aromatic rings. The molecule has 0 amide bonds. The number of imidazole rings is 1. The average molecular weight is 715 g/mol. The van der Waals surface area contributed by atoms with E-state index in [1.807, 2.05) is 51.1 Å². The van der Waals surface area contributed by atoms with Crippen molar-refractivity contribution in [3.63, 3.8) is 0 Å². The second-order valence-electron chi connectivity index (χ2n) is 13.5. The second kappa shape index (κ2) is 22.8. The van der Waals surface area contributed by atoms with Crippen LogP contribution in [0.15, 0.2) is 70.5 Å². The first-order valence-electron chi connectivity index (χ1n) is 18.9. The summed E-state index contributed by atoms with van der Waals surface area (Å²) >= 11 is 0. The van der Waals surface area contributed by atoms with Gasteiger partial charge < -0.3 is 14.6 Å². The van der Waals surface area contributed by atoms with Gasteiger partial charge in [0, 0.05) is 0 Å². The van der Waals surface area contributed by atoms with Crippen molar-refractivity contribution in [1.29, 1.82) is 0 Å². The Morgan fingerprint density at radius 1 is 0.800 bits per heavy atom. The predicted molar refractivity (Wildman–Crippen MR) is 200 cm³/mol. The summed E-state index contributed by atoms with van der Waals surface area (Å²) in [6.45, 7) is 8.08. The summed E-state index contributed by atoms with van der Waals surface area (Å²) in [5.41, 5.74) is 1.51. The highest BCUT2D eigenvalue weighted by atomic mass is 32.2. The average Bonchev–Trinajstić information content (AvgIpc) is 3.39. The molecule has 0 aliphatic carbocycles. The van der Waals surface area contributed by atoms with Crippen LogP contribution in [0.2, 0.25) is 0 Å². The first kappa shape index (κ1) is 41.5. The van der Waals surface area contributed by atoms with E-state index in [0.29, 0.717) is 13.0 Å². The van der Waals surface area contributed by atoms with Crippen molar-refractivity contribution in [2.75, 3.05) is 6.61 Å². The van der Waals surface area contributed by atoms with Crippen LogP contribution in [0.5, 0.6) is 5.88 Å².